The van der Waals surface area contributed by atoms with Gasteiger partial charge in [-0.15, -0.1) is 0 Å². The molecule has 2 aliphatic carbocycles. The zero-order chi connectivity index (χ0) is 22.1. The van der Waals surface area contributed by atoms with E-state index in [1.165, 1.54) is 26.6 Å². The number of aliphatic carboxylic acids is 1. The number of esters is 2. The summed E-state index contributed by atoms with van der Waals surface area (Å²) < 4.78 is 15.3. The first-order valence-corrected chi connectivity index (χ1v) is 9.91. The number of hydrogen-bond acceptors (Lipinski definition) is 7. The lowest BCUT2D eigenvalue weighted by Crippen LogP contribution is -2.59. The highest BCUT2D eigenvalue weighted by Crippen LogP contribution is 2.57. The molecule has 30 heavy (non-hydrogen) atoms. The highest BCUT2D eigenvalue weighted by atomic mass is 16.5. The van der Waals surface area contributed by atoms with Gasteiger partial charge in [0.2, 0.25) is 0 Å². The van der Waals surface area contributed by atoms with Crippen LogP contribution in [0.4, 0.5) is 0 Å². The maximum Gasteiger partial charge on any atom is 0.309 e. The lowest BCUT2D eigenvalue weighted by molar-refractivity contribution is -0.181. The first kappa shape index (κ1) is 21.8. The zero-order valence-electron chi connectivity index (χ0n) is 17.2. The number of methoxy groups -OCH3 is 1. The highest BCUT2D eigenvalue weighted by molar-refractivity contribution is 5.92. The number of carbonyl (C=O) groups is 4. The van der Waals surface area contributed by atoms with E-state index in [0.717, 1.165) is 5.56 Å². The lowest BCUT2D eigenvalue weighted by Gasteiger charge is -2.53. The van der Waals surface area contributed by atoms with Crippen LogP contribution in [0.2, 0.25) is 0 Å². The maximum atomic E-state index is 13.4. The largest absolute Gasteiger partial charge is 0.481 e. The molecule has 0 aromatic carbocycles. The Labute approximate surface area is 174 Å². The number of allylic oxidation sites excluding steroid dienone is 1. The molecule has 1 heterocycles. The number of furan rings is 1. The van der Waals surface area contributed by atoms with Gasteiger partial charge >= 0.3 is 17.9 Å². The summed E-state index contributed by atoms with van der Waals surface area (Å²) in [4.78, 5) is 49.6. The minimum Gasteiger partial charge on any atom is -0.481 e. The summed E-state index contributed by atoms with van der Waals surface area (Å²) in [6.45, 7) is 3.03. The minimum atomic E-state index is -1.11. The van der Waals surface area contributed by atoms with Crippen LogP contribution >= 0.6 is 0 Å². The average molecular weight is 418 g/mol. The molecule has 8 heteroatoms. The van der Waals surface area contributed by atoms with Crippen molar-refractivity contribution < 1.29 is 38.2 Å². The fourth-order valence-electron chi connectivity index (χ4n) is 5.13. The summed E-state index contributed by atoms with van der Waals surface area (Å²) in [5, 5.41) is 9.82. The van der Waals surface area contributed by atoms with E-state index >= 15 is 0 Å². The van der Waals surface area contributed by atoms with Crippen LogP contribution in [0.1, 0.15) is 38.7 Å². The van der Waals surface area contributed by atoms with Gasteiger partial charge in [0, 0.05) is 30.7 Å². The molecule has 3 rings (SSSR count). The molecule has 0 unspecified atom stereocenters. The Morgan fingerprint density at radius 2 is 2.07 bits per heavy atom. The van der Waals surface area contributed by atoms with Crippen LogP contribution in [0.5, 0.6) is 0 Å². The number of ketones is 1. The summed E-state index contributed by atoms with van der Waals surface area (Å²) >= 11 is 0. The Kier molecular flexibility index (Phi) is 6.14. The van der Waals surface area contributed by atoms with Crippen LogP contribution in [-0.4, -0.2) is 42.0 Å². The molecule has 1 aromatic rings. The van der Waals surface area contributed by atoms with Gasteiger partial charge in [-0.2, -0.15) is 0 Å². The number of carbonyl (C=O) groups excluding carboxylic acids is 3. The third kappa shape index (κ3) is 3.91. The van der Waals surface area contributed by atoms with Gasteiger partial charge in [0.15, 0.2) is 11.9 Å². The number of carboxylic acid groups (broad SMARTS) is 1. The van der Waals surface area contributed by atoms with Crippen LogP contribution in [0, 0.1) is 29.1 Å². The summed E-state index contributed by atoms with van der Waals surface area (Å²) in [5.74, 6) is -5.43. The Balaban J connectivity index is 2.07. The van der Waals surface area contributed by atoms with E-state index in [2.05, 4.69) is 0 Å². The van der Waals surface area contributed by atoms with Crippen LogP contribution in [0.3, 0.4) is 0 Å². The summed E-state index contributed by atoms with van der Waals surface area (Å²) in [7, 11) is 1.27. The third-order valence-corrected chi connectivity index (χ3v) is 6.59. The highest BCUT2D eigenvalue weighted by Gasteiger charge is 2.61. The Morgan fingerprint density at radius 1 is 1.33 bits per heavy atom. The van der Waals surface area contributed by atoms with E-state index in [0.29, 0.717) is 12.8 Å². The fourth-order valence-corrected chi connectivity index (χ4v) is 5.13. The van der Waals surface area contributed by atoms with Crippen molar-refractivity contribution in [1.29, 1.82) is 0 Å². The molecule has 8 nitrogen and oxygen atoms in total. The van der Waals surface area contributed by atoms with Crippen LogP contribution in [0.25, 0.3) is 6.08 Å². The second kappa shape index (κ2) is 8.45. The molecule has 2 saturated carbocycles. The number of rotatable bonds is 5. The van der Waals surface area contributed by atoms with Gasteiger partial charge in [-0.3, -0.25) is 19.2 Å². The van der Waals surface area contributed by atoms with E-state index in [4.69, 9.17) is 13.9 Å². The van der Waals surface area contributed by atoms with Gasteiger partial charge in [0.25, 0.3) is 0 Å². The summed E-state index contributed by atoms with van der Waals surface area (Å²) in [6, 6.07) is 1.72. The Hall–Kier alpha value is -2.90. The fraction of sp³-hybridized carbons (Fsp3) is 0.545. The van der Waals surface area contributed by atoms with E-state index in [-0.39, 0.29) is 12.2 Å². The van der Waals surface area contributed by atoms with Crippen molar-refractivity contribution in [3.05, 3.63) is 30.2 Å². The van der Waals surface area contributed by atoms with Crippen LogP contribution < -0.4 is 0 Å². The van der Waals surface area contributed by atoms with Crippen molar-refractivity contribution in [3.8, 4) is 0 Å². The van der Waals surface area contributed by atoms with Gasteiger partial charge in [0.05, 0.1) is 31.5 Å². The first-order chi connectivity index (χ1) is 14.2. The minimum absolute atomic E-state index is 0.0357. The predicted octanol–water partition coefficient (Wildman–Crippen LogP) is 2.72. The smallest absolute Gasteiger partial charge is 0.309 e. The van der Waals surface area contributed by atoms with Crippen molar-refractivity contribution in [3.63, 3.8) is 0 Å². The molecule has 0 amide bonds. The quantitative estimate of drug-likeness (QED) is 0.725. The molecule has 0 radical (unpaired) electrons. The normalized spacial score (nSPS) is 33.7. The SMILES string of the molecule is COC(=O)[C@@H]1C[C@H](OC(C)=O)C(=O)[C@@H]2[C@@H](/C=C/c3ccoc3)[C@H](C(=O)O)CC[C@]21C. The van der Waals surface area contributed by atoms with Gasteiger partial charge in [-0.25, -0.2) is 0 Å². The first-order valence-electron chi connectivity index (χ1n) is 9.91. The molecule has 0 aliphatic heterocycles. The molecule has 162 valence electrons. The molecule has 0 bridgehead atoms. The van der Waals surface area contributed by atoms with E-state index in [9.17, 15) is 24.3 Å². The van der Waals surface area contributed by atoms with Crippen molar-refractivity contribution in [2.45, 2.75) is 39.2 Å². The van der Waals surface area contributed by atoms with Gasteiger partial charge < -0.3 is 19.0 Å². The Bertz CT molecular complexity index is 854. The molecule has 2 fully saturated rings. The molecule has 6 atom stereocenters. The summed E-state index contributed by atoms with van der Waals surface area (Å²) in [5.41, 5.74) is -0.0752. The zero-order valence-corrected chi connectivity index (χ0v) is 17.2. The molecular weight excluding hydrogens is 392 g/mol. The van der Waals surface area contributed by atoms with Crippen molar-refractivity contribution in [2.24, 2.45) is 29.1 Å². The standard InChI is InChI=1S/C22H26O8/c1-12(23)30-17-10-16(21(27)28-3)22(2)8-6-15(20(25)26)14(18(22)19(17)24)5-4-13-7-9-29-11-13/h4-5,7,9,11,14-18H,6,8,10H2,1-3H3,(H,25,26)/b5-4+/t14-,15+,16-,17-,18-,22-/m0/s1. The number of hydrogen-bond donors (Lipinski definition) is 1. The molecule has 0 saturated heterocycles. The second-order valence-corrected chi connectivity index (χ2v) is 8.27. The molecule has 1 aromatic heterocycles. The van der Waals surface area contributed by atoms with E-state index in [1.54, 1.807) is 18.2 Å². The van der Waals surface area contributed by atoms with Crippen LogP contribution in [0.15, 0.2) is 29.1 Å². The van der Waals surface area contributed by atoms with E-state index in [1.807, 2.05) is 6.92 Å². The number of carboxylic acids is 1. The van der Waals surface area contributed by atoms with Gasteiger partial charge in [0.1, 0.15) is 0 Å². The Morgan fingerprint density at radius 3 is 2.63 bits per heavy atom. The maximum absolute atomic E-state index is 13.4. The van der Waals surface area contributed by atoms with Crippen LogP contribution in [-0.2, 0) is 28.7 Å². The number of Topliss-reactive ketones (excluding diaryl/α,β-unsaturated/α-hetero) is 1. The number of fused-ring (bicyclic) bond motifs is 1. The molecular formula is C22H26O8. The topological polar surface area (TPSA) is 120 Å². The predicted molar refractivity (Wildman–Crippen MR) is 104 cm³/mol. The van der Waals surface area contributed by atoms with Gasteiger partial charge in [-0.1, -0.05) is 19.1 Å². The van der Waals surface area contributed by atoms with Gasteiger partial charge in [-0.05, 0) is 24.3 Å². The molecule has 0 spiro atoms. The van der Waals surface area contributed by atoms with Crippen molar-refractivity contribution in [1.82, 2.24) is 0 Å². The molecule has 1 N–H and O–H groups in total. The van der Waals surface area contributed by atoms with Crippen molar-refractivity contribution >= 4 is 29.8 Å². The third-order valence-electron chi connectivity index (χ3n) is 6.59. The lowest BCUT2D eigenvalue weighted by atomic mass is 9.49. The molecule has 2 aliphatic rings. The van der Waals surface area contributed by atoms with E-state index < -0.39 is 53.1 Å². The monoisotopic (exact) mass is 418 g/mol. The van der Waals surface area contributed by atoms with Crippen molar-refractivity contribution in [2.75, 3.05) is 7.11 Å². The summed E-state index contributed by atoms with van der Waals surface area (Å²) in [6.07, 6.45) is 6.05. The number of ether oxygens (including phenoxy) is 2. The average Bonchev–Trinajstić information content (AvgIpc) is 3.20. The second-order valence-electron chi connectivity index (χ2n) is 8.27.